The molecule has 0 spiro atoms. The normalized spacial score (nSPS) is 17.2. The fourth-order valence-corrected chi connectivity index (χ4v) is 3.97. The topological polar surface area (TPSA) is 156 Å². The smallest absolute Gasteiger partial charge is 0.335 e. The number of carbonyl (C=O) groups is 3. The van der Waals surface area contributed by atoms with Crippen LogP contribution in [0.5, 0.6) is 0 Å². The highest BCUT2D eigenvalue weighted by molar-refractivity contribution is 6.31. The molecule has 0 bridgehead atoms. The van der Waals surface area contributed by atoms with Crippen molar-refractivity contribution >= 4 is 29.4 Å². The third-order valence-corrected chi connectivity index (χ3v) is 5.89. The molecule has 1 aromatic carbocycles. The molecule has 0 aromatic heterocycles. The third kappa shape index (κ3) is 8.02. The number of amides is 1. The Morgan fingerprint density at radius 1 is 1.06 bits per heavy atom. The number of hydrogen-bond acceptors (Lipinski definition) is 6. The van der Waals surface area contributed by atoms with E-state index in [2.05, 4.69) is 28.5 Å². The Hall–Kier alpha value is -2.64. The standard InChI is InChI=1S/C19H23ClN2O.C4H6O6/c20-18-8-7-14-9-12-21-13-10-16(14)17(18)6-3-11-22-19(23)15-4-1-2-5-15;5-1(3(7)8)2(6)4(9)10/h7-8,15,21H,1-2,4-5,9-13H2,(H,22,23);1-2,5-6H,(H,7,8)(H,9,10)/t;1-,2-/m.1/s1. The lowest BCUT2D eigenvalue weighted by molar-refractivity contribution is -0.165. The van der Waals surface area contributed by atoms with Gasteiger partial charge in [0.05, 0.1) is 11.6 Å². The summed E-state index contributed by atoms with van der Waals surface area (Å²) in [6.07, 6.45) is 1.81. The largest absolute Gasteiger partial charge is 0.479 e. The van der Waals surface area contributed by atoms with Crippen molar-refractivity contribution in [1.82, 2.24) is 10.6 Å². The summed E-state index contributed by atoms with van der Waals surface area (Å²) < 4.78 is 0. The average Bonchev–Trinajstić information content (AvgIpc) is 3.23. The molecule has 1 aliphatic carbocycles. The molecular weight excluding hydrogens is 452 g/mol. The molecule has 0 radical (unpaired) electrons. The Morgan fingerprint density at radius 3 is 2.27 bits per heavy atom. The first kappa shape index (κ1) is 26.6. The Balaban J connectivity index is 0.000000328. The van der Waals surface area contributed by atoms with Crippen LogP contribution in [-0.4, -0.2) is 70.1 Å². The Morgan fingerprint density at radius 2 is 1.67 bits per heavy atom. The predicted molar refractivity (Wildman–Crippen MR) is 121 cm³/mol. The maximum absolute atomic E-state index is 12.0. The molecule has 0 unspecified atom stereocenters. The summed E-state index contributed by atoms with van der Waals surface area (Å²) in [5.74, 6) is 3.08. The van der Waals surface area contributed by atoms with E-state index < -0.39 is 24.1 Å². The molecule has 1 heterocycles. The molecule has 6 N–H and O–H groups in total. The number of hydrogen-bond donors (Lipinski definition) is 6. The third-order valence-electron chi connectivity index (χ3n) is 5.58. The number of fused-ring (bicyclic) bond motifs is 1. The highest BCUT2D eigenvalue weighted by Gasteiger charge is 2.29. The Bertz CT molecular complexity index is 901. The predicted octanol–water partition coefficient (Wildman–Crippen LogP) is 0.563. The number of carboxylic acid groups (broad SMARTS) is 2. The van der Waals surface area contributed by atoms with Gasteiger partial charge in [0, 0.05) is 11.5 Å². The van der Waals surface area contributed by atoms with Crippen LogP contribution in [-0.2, 0) is 27.2 Å². The summed E-state index contributed by atoms with van der Waals surface area (Å²) in [4.78, 5) is 31.5. The molecule has 33 heavy (non-hydrogen) atoms. The van der Waals surface area contributed by atoms with Gasteiger partial charge in [-0.15, -0.1) is 0 Å². The second-order valence-corrected chi connectivity index (χ2v) is 8.28. The van der Waals surface area contributed by atoms with Crippen molar-refractivity contribution in [3.05, 3.63) is 33.8 Å². The van der Waals surface area contributed by atoms with Gasteiger partial charge in [0.15, 0.2) is 12.2 Å². The maximum Gasteiger partial charge on any atom is 0.335 e. The molecule has 1 saturated carbocycles. The van der Waals surface area contributed by atoms with E-state index in [-0.39, 0.29) is 11.8 Å². The first-order chi connectivity index (χ1) is 15.7. The number of rotatable bonds is 5. The van der Waals surface area contributed by atoms with Crippen molar-refractivity contribution in [2.75, 3.05) is 19.6 Å². The van der Waals surface area contributed by atoms with E-state index in [0.29, 0.717) is 11.6 Å². The lowest BCUT2D eigenvalue weighted by Crippen LogP contribution is -2.39. The molecule has 180 valence electrons. The first-order valence-electron chi connectivity index (χ1n) is 10.8. The Labute approximate surface area is 197 Å². The van der Waals surface area contributed by atoms with E-state index in [4.69, 9.17) is 32.0 Å². The monoisotopic (exact) mass is 480 g/mol. The van der Waals surface area contributed by atoms with Gasteiger partial charge in [-0.05, 0) is 56.0 Å². The van der Waals surface area contributed by atoms with Crippen molar-refractivity contribution in [2.24, 2.45) is 5.92 Å². The average molecular weight is 481 g/mol. The van der Waals surface area contributed by atoms with E-state index in [0.717, 1.165) is 44.3 Å². The molecule has 10 heteroatoms. The molecule has 1 amide bonds. The zero-order valence-corrected chi connectivity index (χ0v) is 18.9. The summed E-state index contributed by atoms with van der Waals surface area (Å²) in [6.45, 7) is 2.35. The molecule has 1 fully saturated rings. The zero-order chi connectivity index (χ0) is 24.4. The van der Waals surface area contributed by atoms with Crippen LogP contribution in [0.15, 0.2) is 12.1 Å². The second kappa shape index (κ2) is 13.2. The van der Waals surface area contributed by atoms with Crippen molar-refractivity contribution in [2.45, 2.75) is 50.7 Å². The number of aliphatic hydroxyl groups excluding tert-OH is 2. The number of aliphatic carboxylic acids is 2. The number of nitrogens with one attached hydrogen (secondary N) is 2. The van der Waals surface area contributed by atoms with Gasteiger partial charge in [-0.1, -0.05) is 42.3 Å². The number of benzene rings is 1. The van der Waals surface area contributed by atoms with Crippen molar-refractivity contribution in [3.8, 4) is 11.8 Å². The molecule has 2 aliphatic rings. The van der Waals surface area contributed by atoms with Gasteiger partial charge >= 0.3 is 11.9 Å². The van der Waals surface area contributed by atoms with Gasteiger partial charge < -0.3 is 31.1 Å². The molecule has 9 nitrogen and oxygen atoms in total. The molecule has 0 saturated heterocycles. The fraction of sp³-hybridized carbons (Fsp3) is 0.522. The van der Waals surface area contributed by atoms with E-state index >= 15 is 0 Å². The van der Waals surface area contributed by atoms with Gasteiger partial charge in [-0.2, -0.15) is 0 Å². The molecule has 1 aliphatic heterocycles. The van der Waals surface area contributed by atoms with Crippen LogP contribution in [0.1, 0.15) is 42.4 Å². The lowest BCUT2D eigenvalue weighted by Gasteiger charge is -2.10. The Kier molecular flexibility index (Phi) is 10.6. The molecule has 2 atom stereocenters. The second-order valence-electron chi connectivity index (χ2n) is 7.88. The first-order valence-corrected chi connectivity index (χ1v) is 11.2. The summed E-state index contributed by atoms with van der Waals surface area (Å²) >= 11 is 6.35. The van der Waals surface area contributed by atoms with Crippen molar-refractivity contribution in [3.63, 3.8) is 0 Å². The van der Waals surface area contributed by atoms with E-state index in [1.165, 1.54) is 24.0 Å². The van der Waals surface area contributed by atoms with Crippen LogP contribution in [0.2, 0.25) is 5.02 Å². The van der Waals surface area contributed by atoms with E-state index in [9.17, 15) is 14.4 Å². The van der Waals surface area contributed by atoms with Crippen LogP contribution >= 0.6 is 11.6 Å². The van der Waals surface area contributed by atoms with E-state index in [1.807, 2.05) is 6.07 Å². The van der Waals surface area contributed by atoms with E-state index in [1.54, 1.807) is 0 Å². The summed E-state index contributed by atoms with van der Waals surface area (Å²) in [7, 11) is 0. The number of carboxylic acids is 2. The summed E-state index contributed by atoms with van der Waals surface area (Å²) in [5, 5.41) is 39.6. The SMILES string of the molecule is O=C(NCC#Cc1c(Cl)ccc2c1CCNCC2)C1CCCC1.O=C(O)[C@H](O)[C@@H](O)C(=O)O. The summed E-state index contributed by atoms with van der Waals surface area (Å²) in [6, 6.07) is 4.05. The fourth-order valence-electron chi connectivity index (χ4n) is 3.75. The van der Waals surface area contributed by atoms with Crippen LogP contribution < -0.4 is 10.6 Å². The lowest BCUT2D eigenvalue weighted by atomic mass is 9.97. The van der Waals surface area contributed by atoms with Gasteiger partial charge in [-0.25, -0.2) is 9.59 Å². The molecule has 1 aromatic rings. The zero-order valence-electron chi connectivity index (χ0n) is 18.1. The van der Waals surface area contributed by atoms with Crippen molar-refractivity contribution in [1.29, 1.82) is 0 Å². The highest BCUT2D eigenvalue weighted by Crippen LogP contribution is 2.25. The van der Waals surface area contributed by atoms with Crippen LogP contribution in [0.3, 0.4) is 0 Å². The van der Waals surface area contributed by atoms with Gasteiger partial charge in [-0.3, -0.25) is 4.79 Å². The van der Waals surface area contributed by atoms with Crippen molar-refractivity contribution < 1.29 is 34.8 Å². The summed E-state index contributed by atoms with van der Waals surface area (Å²) in [5.41, 5.74) is 3.53. The molecular formula is C23H29ClN2O7. The van der Waals surface area contributed by atoms with Gasteiger partial charge in [0.2, 0.25) is 5.91 Å². The minimum absolute atomic E-state index is 0.152. The van der Waals surface area contributed by atoms with Gasteiger partial charge in [0.25, 0.3) is 0 Å². The van der Waals surface area contributed by atoms with Crippen LogP contribution in [0, 0.1) is 17.8 Å². The van der Waals surface area contributed by atoms with Crippen LogP contribution in [0.4, 0.5) is 0 Å². The van der Waals surface area contributed by atoms with Crippen LogP contribution in [0.25, 0.3) is 0 Å². The quantitative estimate of drug-likeness (QED) is 0.334. The van der Waals surface area contributed by atoms with Gasteiger partial charge in [0.1, 0.15) is 0 Å². The number of carbonyl (C=O) groups excluding carboxylic acids is 1. The minimum Gasteiger partial charge on any atom is -0.479 e. The number of halogens is 1. The minimum atomic E-state index is -2.27. The highest BCUT2D eigenvalue weighted by atomic mass is 35.5. The molecule has 3 rings (SSSR count). The number of aliphatic hydroxyl groups is 2. The maximum atomic E-state index is 12.0.